The molecule has 2 unspecified atom stereocenters. The van der Waals surface area contributed by atoms with Crippen LogP contribution >= 0.6 is 19.6 Å². The standard InChI is InChI=1S/C20H41N2O7PS/c1-9-20(7,8)31-13-12-21-15(23)10-11-22-17(25)16(24)19(5,6)14-28-30(26,27)29-18(2,3)4/h16,24H,9-14H2,1-8H3,(H,21,23)(H,22,25)(H,26,27). The second-order valence-electron chi connectivity index (χ2n) is 9.69. The van der Waals surface area contributed by atoms with Gasteiger partial charge in [0.15, 0.2) is 0 Å². The number of aliphatic hydroxyl groups excluding tert-OH is 1. The summed E-state index contributed by atoms with van der Waals surface area (Å²) in [4.78, 5) is 33.9. The molecule has 9 nitrogen and oxygen atoms in total. The predicted octanol–water partition coefficient (Wildman–Crippen LogP) is 2.85. The lowest BCUT2D eigenvalue weighted by Gasteiger charge is -2.31. The molecule has 31 heavy (non-hydrogen) atoms. The molecule has 0 bridgehead atoms. The van der Waals surface area contributed by atoms with Crippen LogP contribution in [0.25, 0.3) is 0 Å². The number of nitrogens with one attached hydrogen (secondary N) is 2. The molecule has 4 N–H and O–H groups in total. The minimum atomic E-state index is -4.34. The Morgan fingerprint density at radius 3 is 2.16 bits per heavy atom. The molecule has 0 aliphatic heterocycles. The van der Waals surface area contributed by atoms with E-state index in [-0.39, 0.29) is 30.2 Å². The number of carbonyl (C=O) groups is 2. The Morgan fingerprint density at radius 1 is 1.06 bits per heavy atom. The van der Waals surface area contributed by atoms with Crippen molar-refractivity contribution in [3.63, 3.8) is 0 Å². The van der Waals surface area contributed by atoms with Crippen molar-refractivity contribution < 1.29 is 33.2 Å². The van der Waals surface area contributed by atoms with Crippen molar-refractivity contribution in [2.24, 2.45) is 5.41 Å². The van der Waals surface area contributed by atoms with E-state index in [1.807, 2.05) is 0 Å². The highest BCUT2D eigenvalue weighted by molar-refractivity contribution is 8.00. The van der Waals surface area contributed by atoms with Crippen molar-refractivity contribution in [2.45, 2.75) is 84.7 Å². The van der Waals surface area contributed by atoms with Gasteiger partial charge in [0.1, 0.15) is 6.10 Å². The van der Waals surface area contributed by atoms with Crippen LogP contribution < -0.4 is 10.6 Å². The van der Waals surface area contributed by atoms with E-state index in [1.54, 1.807) is 32.5 Å². The zero-order valence-electron chi connectivity index (χ0n) is 20.1. The Bertz CT molecular complexity index is 636. The molecule has 2 atom stereocenters. The van der Waals surface area contributed by atoms with Crippen LogP contribution in [0.2, 0.25) is 0 Å². The van der Waals surface area contributed by atoms with Gasteiger partial charge in [-0.1, -0.05) is 34.6 Å². The maximum absolute atomic E-state index is 12.2. The number of carbonyl (C=O) groups excluding carboxylic acids is 2. The Labute approximate surface area is 191 Å². The topological polar surface area (TPSA) is 134 Å². The molecule has 0 saturated heterocycles. The summed E-state index contributed by atoms with van der Waals surface area (Å²) in [5.41, 5.74) is -2.05. The third-order valence-corrected chi connectivity index (χ3v) is 7.11. The molecule has 0 fully saturated rings. The monoisotopic (exact) mass is 484 g/mol. The van der Waals surface area contributed by atoms with Crippen LogP contribution in [0.4, 0.5) is 0 Å². The molecule has 0 radical (unpaired) electrons. The number of rotatable bonds is 14. The number of phosphoric acid groups is 1. The third-order valence-electron chi connectivity index (χ3n) is 4.40. The first-order valence-corrected chi connectivity index (χ1v) is 12.9. The van der Waals surface area contributed by atoms with Crippen LogP contribution in [0.5, 0.6) is 0 Å². The van der Waals surface area contributed by atoms with Crippen molar-refractivity contribution in [1.82, 2.24) is 10.6 Å². The summed E-state index contributed by atoms with van der Waals surface area (Å²) in [5, 5.41) is 15.6. The molecule has 0 spiro atoms. The second-order valence-corrected chi connectivity index (χ2v) is 12.9. The summed E-state index contributed by atoms with van der Waals surface area (Å²) >= 11 is 1.79. The van der Waals surface area contributed by atoms with Gasteiger partial charge in [0, 0.05) is 35.4 Å². The molecular formula is C20H41N2O7PS. The van der Waals surface area contributed by atoms with Crippen molar-refractivity contribution in [3.8, 4) is 0 Å². The maximum Gasteiger partial charge on any atom is 0.472 e. The largest absolute Gasteiger partial charge is 0.472 e. The van der Waals surface area contributed by atoms with Crippen LogP contribution in [-0.4, -0.2) is 63.7 Å². The Balaban J connectivity index is 4.34. The predicted molar refractivity (Wildman–Crippen MR) is 124 cm³/mol. The fourth-order valence-corrected chi connectivity index (χ4v) is 4.36. The van der Waals surface area contributed by atoms with E-state index >= 15 is 0 Å². The molecule has 11 heteroatoms. The number of phosphoric ester groups is 1. The van der Waals surface area contributed by atoms with Crippen molar-refractivity contribution in [2.75, 3.05) is 25.4 Å². The molecule has 0 aliphatic rings. The number of amides is 2. The zero-order chi connectivity index (χ0) is 24.5. The number of hydrogen-bond donors (Lipinski definition) is 4. The van der Waals surface area contributed by atoms with Gasteiger partial charge >= 0.3 is 7.82 Å². The van der Waals surface area contributed by atoms with E-state index in [4.69, 9.17) is 9.05 Å². The molecule has 0 saturated carbocycles. The van der Waals surface area contributed by atoms with Gasteiger partial charge in [0.2, 0.25) is 11.8 Å². The van der Waals surface area contributed by atoms with Gasteiger partial charge in [-0.3, -0.25) is 18.6 Å². The quantitative estimate of drug-likeness (QED) is 0.218. The Kier molecular flexibility index (Phi) is 12.3. The first-order chi connectivity index (χ1) is 13.9. The molecule has 0 rings (SSSR count). The molecule has 0 aromatic rings. The Hall–Kier alpha value is -0.640. The van der Waals surface area contributed by atoms with E-state index in [9.17, 15) is 24.2 Å². The highest BCUT2D eigenvalue weighted by Gasteiger charge is 2.38. The SMILES string of the molecule is CCC(C)(C)SCCNC(=O)CCNC(=O)C(O)C(C)(C)COP(=O)(O)OC(C)(C)C. The fourth-order valence-electron chi connectivity index (χ4n) is 2.16. The van der Waals surface area contributed by atoms with Crippen LogP contribution in [0.15, 0.2) is 0 Å². The summed E-state index contributed by atoms with van der Waals surface area (Å²) in [6.45, 7) is 14.5. The molecular weight excluding hydrogens is 443 g/mol. The molecule has 2 amide bonds. The lowest BCUT2D eigenvalue weighted by molar-refractivity contribution is -0.137. The summed E-state index contributed by atoms with van der Waals surface area (Å²) < 4.78 is 22.1. The van der Waals surface area contributed by atoms with Crippen molar-refractivity contribution >= 4 is 31.4 Å². The molecule has 0 aromatic heterocycles. The average molecular weight is 485 g/mol. The van der Waals surface area contributed by atoms with Gasteiger partial charge in [-0.25, -0.2) is 4.57 Å². The first kappa shape index (κ1) is 30.4. The summed E-state index contributed by atoms with van der Waals surface area (Å²) in [6, 6.07) is 0. The van der Waals surface area contributed by atoms with E-state index in [0.29, 0.717) is 6.54 Å². The summed E-state index contributed by atoms with van der Waals surface area (Å²) in [5.74, 6) is -0.0709. The van der Waals surface area contributed by atoms with Gasteiger partial charge in [-0.2, -0.15) is 11.8 Å². The smallest absolute Gasteiger partial charge is 0.383 e. The van der Waals surface area contributed by atoms with E-state index < -0.39 is 30.8 Å². The van der Waals surface area contributed by atoms with Crippen LogP contribution in [0.3, 0.4) is 0 Å². The van der Waals surface area contributed by atoms with Gasteiger partial charge in [-0.05, 0) is 27.2 Å². The van der Waals surface area contributed by atoms with E-state index in [2.05, 4.69) is 31.4 Å². The minimum absolute atomic E-state index is 0.0673. The lowest BCUT2D eigenvalue weighted by atomic mass is 9.87. The fraction of sp³-hybridized carbons (Fsp3) is 0.900. The van der Waals surface area contributed by atoms with Gasteiger partial charge in [-0.15, -0.1) is 0 Å². The summed E-state index contributed by atoms with van der Waals surface area (Å²) in [6.07, 6.45) is -0.374. The average Bonchev–Trinajstić information content (AvgIpc) is 2.61. The maximum atomic E-state index is 12.2. The van der Waals surface area contributed by atoms with Crippen LogP contribution in [0.1, 0.15) is 68.2 Å². The van der Waals surface area contributed by atoms with Crippen molar-refractivity contribution in [1.29, 1.82) is 0 Å². The highest BCUT2D eigenvalue weighted by Crippen LogP contribution is 2.48. The second kappa shape index (κ2) is 12.6. The molecule has 0 aliphatic carbocycles. The van der Waals surface area contributed by atoms with E-state index in [1.165, 1.54) is 13.8 Å². The molecule has 0 aromatic carbocycles. The first-order valence-electron chi connectivity index (χ1n) is 10.5. The van der Waals surface area contributed by atoms with Gasteiger partial charge < -0.3 is 20.6 Å². The summed E-state index contributed by atoms with van der Waals surface area (Å²) in [7, 11) is -4.34. The minimum Gasteiger partial charge on any atom is -0.383 e. The van der Waals surface area contributed by atoms with Crippen molar-refractivity contribution in [3.05, 3.63) is 0 Å². The van der Waals surface area contributed by atoms with Gasteiger partial charge in [0.05, 0.1) is 12.2 Å². The molecule has 0 heterocycles. The zero-order valence-corrected chi connectivity index (χ0v) is 21.8. The lowest BCUT2D eigenvalue weighted by Crippen LogP contribution is -2.46. The van der Waals surface area contributed by atoms with Crippen LogP contribution in [0, 0.1) is 5.41 Å². The number of thioether (sulfide) groups is 1. The third kappa shape index (κ3) is 14.2. The number of aliphatic hydroxyl groups is 1. The van der Waals surface area contributed by atoms with Crippen LogP contribution in [-0.2, 0) is 23.2 Å². The van der Waals surface area contributed by atoms with Gasteiger partial charge in [0.25, 0.3) is 0 Å². The molecule has 184 valence electrons. The highest BCUT2D eigenvalue weighted by atomic mass is 32.2. The number of hydrogen-bond acceptors (Lipinski definition) is 7. The van der Waals surface area contributed by atoms with E-state index in [0.717, 1.165) is 12.2 Å². The Morgan fingerprint density at radius 2 is 1.65 bits per heavy atom. The normalized spacial score (nSPS) is 15.8.